The Bertz CT molecular complexity index is 1110. The van der Waals surface area contributed by atoms with E-state index in [1.54, 1.807) is 18.2 Å². The number of amides is 2. The maximum atomic E-state index is 13.4. The minimum absolute atomic E-state index is 0.0363. The van der Waals surface area contributed by atoms with Crippen molar-refractivity contribution in [2.45, 2.75) is 72.1 Å². The van der Waals surface area contributed by atoms with Gasteiger partial charge in [0.1, 0.15) is 5.82 Å². The van der Waals surface area contributed by atoms with Gasteiger partial charge in [0.15, 0.2) is 12.2 Å². The smallest absolute Gasteiger partial charge is 0.254 e. The molecule has 0 saturated carbocycles. The summed E-state index contributed by atoms with van der Waals surface area (Å²) in [5.41, 5.74) is 3.45. The van der Waals surface area contributed by atoms with Gasteiger partial charge in [-0.1, -0.05) is 77.1 Å². The van der Waals surface area contributed by atoms with E-state index in [1.165, 1.54) is 17.0 Å². The van der Waals surface area contributed by atoms with Crippen LogP contribution in [0.15, 0.2) is 71.7 Å². The number of carbonyl (C=O) groups is 2. The largest absolute Gasteiger partial charge is 0.380 e. The zero-order valence-electron chi connectivity index (χ0n) is 23.5. The second-order valence-electron chi connectivity index (χ2n) is 8.99. The van der Waals surface area contributed by atoms with Crippen molar-refractivity contribution in [2.24, 2.45) is 0 Å². The molecule has 6 nitrogen and oxygen atoms in total. The summed E-state index contributed by atoms with van der Waals surface area (Å²) in [5.74, 6) is -1.93. The molecule has 2 rings (SSSR count). The first-order chi connectivity index (χ1) is 18.6. The molecule has 39 heavy (non-hydrogen) atoms. The lowest BCUT2D eigenvalue weighted by atomic mass is 10.1. The van der Waals surface area contributed by atoms with Gasteiger partial charge < -0.3 is 20.4 Å². The maximum Gasteiger partial charge on any atom is 0.254 e. The van der Waals surface area contributed by atoms with E-state index in [1.807, 2.05) is 52.0 Å². The maximum absolute atomic E-state index is 13.4. The molecule has 8 heteroatoms. The number of halogens is 1. The van der Waals surface area contributed by atoms with Crippen LogP contribution in [-0.4, -0.2) is 52.2 Å². The van der Waals surface area contributed by atoms with Crippen molar-refractivity contribution in [2.75, 3.05) is 13.1 Å². The van der Waals surface area contributed by atoms with Gasteiger partial charge in [-0.2, -0.15) is 0 Å². The summed E-state index contributed by atoms with van der Waals surface area (Å²) in [6.45, 7) is 12.6. The Morgan fingerprint density at radius 1 is 1.05 bits per heavy atom. The predicted molar refractivity (Wildman–Crippen MR) is 159 cm³/mol. The summed E-state index contributed by atoms with van der Waals surface area (Å²) in [5, 5.41) is 23.4. The van der Waals surface area contributed by atoms with Gasteiger partial charge in [-0.15, -0.1) is 12.6 Å². The first-order valence-corrected chi connectivity index (χ1v) is 13.9. The van der Waals surface area contributed by atoms with E-state index in [9.17, 15) is 24.2 Å². The summed E-state index contributed by atoms with van der Waals surface area (Å²) in [6.07, 6.45) is 0.634. The molecule has 0 spiro atoms. The zero-order chi connectivity index (χ0) is 29.4. The average Bonchev–Trinajstić information content (AvgIpc) is 2.93. The highest BCUT2D eigenvalue weighted by molar-refractivity contribution is 7.84. The standard InChI is InChI=1S/C29H37FN2O4S.C2H6/c1-4-6-13-32(19-23-11-7-9-21(5-2)16-23)29(36)27(34)26(33)28(35)31-18-25(37)15-20(3)14-22-10-8-12-24(30)17-22;1-2/h7-12,15-17,26-27,33-34,37H,3-6,13-14,18-19H2,1-2H3,(H,31,35);1-2H3/b25-15-;. The molecule has 2 atom stereocenters. The minimum atomic E-state index is -1.93. The van der Waals surface area contributed by atoms with Gasteiger partial charge in [-0.3, -0.25) is 9.59 Å². The number of nitrogens with one attached hydrogen (secondary N) is 1. The number of nitrogens with zero attached hydrogens (tertiary/aromatic N) is 1. The third kappa shape index (κ3) is 12.2. The number of benzene rings is 2. The van der Waals surface area contributed by atoms with Crippen LogP contribution in [0.4, 0.5) is 4.39 Å². The molecular weight excluding hydrogens is 515 g/mol. The van der Waals surface area contributed by atoms with Gasteiger partial charge in [-0.05, 0) is 59.7 Å². The molecule has 2 unspecified atom stereocenters. The Morgan fingerprint density at radius 3 is 2.33 bits per heavy atom. The fourth-order valence-electron chi connectivity index (χ4n) is 3.78. The van der Waals surface area contributed by atoms with Crippen LogP contribution in [0.25, 0.3) is 0 Å². The van der Waals surface area contributed by atoms with E-state index in [0.717, 1.165) is 36.0 Å². The van der Waals surface area contributed by atoms with E-state index < -0.39 is 24.0 Å². The van der Waals surface area contributed by atoms with Crippen LogP contribution in [0.2, 0.25) is 0 Å². The van der Waals surface area contributed by atoms with Gasteiger partial charge in [0, 0.05) is 24.5 Å². The fourth-order valence-corrected chi connectivity index (χ4v) is 4.04. The van der Waals surface area contributed by atoms with Crippen molar-refractivity contribution in [3.8, 4) is 0 Å². The molecule has 0 aliphatic carbocycles. The summed E-state index contributed by atoms with van der Waals surface area (Å²) in [6, 6.07) is 14.0. The molecule has 214 valence electrons. The summed E-state index contributed by atoms with van der Waals surface area (Å²) >= 11 is 4.33. The summed E-state index contributed by atoms with van der Waals surface area (Å²) in [7, 11) is 0. The number of unbranched alkanes of at least 4 members (excludes halogenated alkanes) is 1. The third-order valence-electron chi connectivity index (χ3n) is 5.82. The number of allylic oxidation sites excluding steroid dienone is 2. The molecule has 2 aromatic carbocycles. The van der Waals surface area contributed by atoms with Gasteiger partial charge in [0.2, 0.25) is 0 Å². The monoisotopic (exact) mass is 558 g/mol. The van der Waals surface area contributed by atoms with Crippen molar-refractivity contribution in [3.63, 3.8) is 0 Å². The number of aliphatic hydroxyl groups excluding tert-OH is 2. The lowest BCUT2D eigenvalue weighted by Gasteiger charge is -2.27. The van der Waals surface area contributed by atoms with Crippen LogP contribution in [0.3, 0.4) is 0 Å². The lowest BCUT2D eigenvalue weighted by molar-refractivity contribution is -0.153. The molecule has 0 saturated heterocycles. The molecule has 0 fully saturated rings. The number of aliphatic hydroxyl groups is 2. The lowest BCUT2D eigenvalue weighted by Crippen LogP contribution is -2.51. The molecule has 0 radical (unpaired) electrons. The molecule has 0 aliphatic heterocycles. The summed E-state index contributed by atoms with van der Waals surface area (Å²) < 4.78 is 13.4. The second-order valence-corrected chi connectivity index (χ2v) is 9.57. The van der Waals surface area contributed by atoms with Gasteiger partial charge in [0.05, 0.1) is 0 Å². The number of aryl methyl sites for hydroxylation is 1. The SMILES string of the molecule is C=C(/C=C(\S)CNC(=O)C(O)C(O)C(=O)N(CCCC)Cc1cccc(CC)c1)Cc1cccc(F)c1.CC. The highest BCUT2D eigenvalue weighted by atomic mass is 32.1. The predicted octanol–water partition coefficient (Wildman–Crippen LogP) is 4.99. The fraction of sp³-hybridized carbons (Fsp3) is 0.419. The minimum Gasteiger partial charge on any atom is -0.380 e. The van der Waals surface area contributed by atoms with Crippen LogP contribution in [0.5, 0.6) is 0 Å². The molecule has 0 aliphatic rings. The molecule has 0 aromatic heterocycles. The van der Waals surface area contributed by atoms with Crippen molar-refractivity contribution in [1.82, 2.24) is 10.2 Å². The van der Waals surface area contributed by atoms with E-state index in [-0.39, 0.29) is 18.9 Å². The van der Waals surface area contributed by atoms with Crippen molar-refractivity contribution in [3.05, 3.63) is 94.2 Å². The van der Waals surface area contributed by atoms with Crippen LogP contribution in [0, 0.1) is 5.82 Å². The third-order valence-corrected chi connectivity index (χ3v) is 6.11. The molecule has 0 heterocycles. The molecule has 2 aromatic rings. The first kappa shape index (κ1) is 34.1. The molecule has 3 N–H and O–H groups in total. The molecule has 0 bridgehead atoms. The van der Waals surface area contributed by atoms with Gasteiger partial charge in [0.25, 0.3) is 11.8 Å². The van der Waals surface area contributed by atoms with Gasteiger partial charge >= 0.3 is 0 Å². The number of carbonyl (C=O) groups excluding carboxylic acids is 2. The first-order valence-electron chi connectivity index (χ1n) is 13.5. The van der Waals surface area contributed by atoms with E-state index in [2.05, 4.69) is 24.5 Å². The van der Waals surface area contributed by atoms with E-state index in [0.29, 0.717) is 23.4 Å². The van der Waals surface area contributed by atoms with Crippen LogP contribution >= 0.6 is 12.6 Å². The van der Waals surface area contributed by atoms with Crippen LogP contribution in [-0.2, 0) is 29.0 Å². The topological polar surface area (TPSA) is 89.9 Å². The van der Waals surface area contributed by atoms with Gasteiger partial charge in [-0.25, -0.2) is 4.39 Å². The number of rotatable bonds is 14. The Kier molecular flexibility index (Phi) is 16.1. The van der Waals surface area contributed by atoms with Crippen molar-refractivity contribution in [1.29, 1.82) is 0 Å². The van der Waals surface area contributed by atoms with Crippen molar-refractivity contribution < 1.29 is 24.2 Å². The highest BCUT2D eigenvalue weighted by Crippen LogP contribution is 2.14. The number of hydrogen-bond donors (Lipinski definition) is 4. The Labute approximate surface area is 238 Å². The average molecular weight is 559 g/mol. The Hall–Kier alpha value is -2.94. The zero-order valence-corrected chi connectivity index (χ0v) is 24.4. The quantitative estimate of drug-likeness (QED) is 0.194. The normalized spacial score (nSPS) is 12.6. The number of hydrogen-bond acceptors (Lipinski definition) is 5. The highest BCUT2D eigenvalue weighted by Gasteiger charge is 2.33. The van der Waals surface area contributed by atoms with Crippen molar-refractivity contribution >= 4 is 24.4 Å². The number of thiol groups is 1. The summed E-state index contributed by atoms with van der Waals surface area (Å²) in [4.78, 5) is 27.4. The molecular formula is C31H43FN2O4S. The van der Waals surface area contributed by atoms with E-state index >= 15 is 0 Å². The van der Waals surface area contributed by atoms with Crippen LogP contribution in [0.1, 0.15) is 57.2 Å². The van der Waals surface area contributed by atoms with E-state index in [4.69, 9.17) is 0 Å². The van der Waals surface area contributed by atoms with Crippen LogP contribution < -0.4 is 5.32 Å². The Morgan fingerprint density at radius 2 is 1.69 bits per heavy atom. The molecule has 2 amide bonds. The Balaban J connectivity index is 0.00000371. The second kappa shape index (κ2) is 18.4.